The van der Waals surface area contributed by atoms with Crippen molar-refractivity contribution in [1.29, 1.82) is 0 Å². The zero-order chi connectivity index (χ0) is 27.6. The molecule has 3 aromatic rings. The Kier molecular flexibility index (Phi) is 7.92. The second-order valence-electron chi connectivity index (χ2n) is 10.1. The molecular formula is C28H32FN5O4S. The first-order valence-electron chi connectivity index (χ1n) is 13.0. The van der Waals surface area contributed by atoms with Crippen molar-refractivity contribution in [2.75, 3.05) is 37.0 Å². The van der Waals surface area contributed by atoms with Crippen LogP contribution in [0.5, 0.6) is 0 Å². The summed E-state index contributed by atoms with van der Waals surface area (Å²) in [6.07, 6.45) is 0.656. The van der Waals surface area contributed by atoms with Crippen LogP contribution in [0.4, 0.5) is 15.3 Å². The molecule has 5 rings (SSSR count). The number of morpholine rings is 1. The van der Waals surface area contributed by atoms with Gasteiger partial charge in [0.25, 0.3) is 5.91 Å². The van der Waals surface area contributed by atoms with Crippen LogP contribution in [0.25, 0.3) is 11.4 Å². The number of methoxy groups -OCH3 is 1. The number of halogens is 1. The van der Waals surface area contributed by atoms with E-state index in [0.29, 0.717) is 27.6 Å². The summed E-state index contributed by atoms with van der Waals surface area (Å²) in [6, 6.07) is 12.2. The lowest BCUT2D eigenvalue weighted by atomic mass is 9.74. The SMILES string of the molecule is COC1CC(F)(c2cccc(C(=O)NCC(=O)Nc3nc(-c4cccc(N5C[C@@H](C)O[C@@H](C)C5)n4)cs3)c2)C1. The Morgan fingerprint density at radius 2 is 1.87 bits per heavy atom. The standard InChI is InChI=1S/C28H32FN5O4S/c1-17-14-34(15-18(2)38-17)24-9-5-8-22(31-24)23-16-39-27(32-23)33-25(35)13-30-26(36)19-6-4-7-20(10-19)28(29)11-21(12-28)37-3/h4-10,16-18,21H,11-15H2,1-3H3,(H,30,36)(H,32,33,35)/t17-,18+,21?,28?. The molecule has 2 amide bonds. The molecule has 1 saturated heterocycles. The van der Waals surface area contributed by atoms with E-state index in [2.05, 4.69) is 20.5 Å². The lowest BCUT2D eigenvalue weighted by Gasteiger charge is -2.40. The number of rotatable bonds is 8. The topological polar surface area (TPSA) is 106 Å². The van der Waals surface area contributed by atoms with Crippen LogP contribution in [0, 0.1) is 0 Å². The number of nitrogens with zero attached hydrogens (tertiary/aromatic N) is 3. The number of hydrogen-bond donors (Lipinski definition) is 2. The zero-order valence-corrected chi connectivity index (χ0v) is 23.0. The number of alkyl halides is 1. The summed E-state index contributed by atoms with van der Waals surface area (Å²) in [5.41, 5.74) is 0.602. The first-order valence-corrected chi connectivity index (χ1v) is 13.8. The Morgan fingerprint density at radius 1 is 1.13 bits per heavy atom. The number of thiazole rings is 1. The van der Waals surface area contributed by atoms with Gasteiger partial charge in [0, 0.05) is 44.0 Å². The number of pyridine rings is 1. The van der Waals surface area contributed by atoms with Gasteiger partial charge in [-0.05, 0) is 43.7 Å². The average Bonchev–Trinajstić information content (AvgIpc) is 3.38. The highest BCUT2D eigenvalue weighted by molar-refractivity contribution is 7.14. The van der Waals surface area contributed by atoms with Gasteiger partial charge < -0.3 is 25.0 Å². The molecule has 1 aliphatic carbocycles. The van der Waals surface area contributed by atoms with E-state index in [0.717, 1.165) is 18.9 Å². The Bertz CT molecular complexity index is 1330. The van der Waals surface area contributed by atoms with Crippen molar-refractivity contribution >= 4 is 34.1 Å². The van der Waals surface area contributed by atoms with Crippen LogP contribution in [-0.4, -0.2) is 66.8 Å². The van der Waals surface area contributed by atoms with E-state index in [1.807, 2.05) is 37.4 Å². The number of carbonyl (C=O) groups is 2. The molecule has 2 aromatic heterocycles. The summed E-state index contributed by atoms with van der Waals surface area (Å²) in [6.45, 7) is 5.38. The normalized spacial score (nSPS) is 24.6. The highest BCUT2D eigenvalue weighted by Crippen LogP contribution is 2.46. The Balaban J connectivity index is 1.16. The number of carbonyl (C=O) groups excluding carboxylic acids is 2. The minimum absolute atomic E-state index is 0.111. The first-order chi connectivity index (χ1) is 18.7. The van der Waals surface area contributed by atoms with Crippen molar-refractivity contribution in [2.24, 2.45) is 0 Å². The van der Waals surface area contributed by atoms with Gasteiger partial charge in [-0.15, -0.1) is 11.3 Å². The smallest absolute Gasteiger partial charge is 0.251 e. The predicted molar refractivity (Wildman–Crippen MR) is 148 cm³/mol. The summed E-state index contributed by atoms with van der Waals surface area (Å²) in [4.78, 5) is 36.6. The predicted octanol–water partition coefficient (Wildman–Crippen LogP) is 4.16. The van der Waals surface area contributed by atoms with Crippen molar-refractivity contribution in [3.63, 3.8) is 0 Å². The van der Waals surface area contributed by atoms with Gasteiger partial charge in [0.15, 0.2) is 5.13 Å². The molecule has 1 saturated carbocycles. The van der Waals surface area contributed by atoms with Gasteiger partial charge in [0.2, 0.25) is 5.91 Å². The molecule has 9 nitrogen and oxygen atoms in total. The molecule has 0 unspecified atom stereocenters. The maximum absolute atomic E-state index is 15.1. The van der Waals surface area contributed by atoms with Crippen LogP contribution < -0.4 is 15.5 Å². The van der Waals surface area contributed by atoms with Gasteiger partial charge in [-0.1, -0.05) is 18.2 Å². The largest absolute Gasteiger partial charge is 0.381 e. The summed E-state index contributed by atoms with van der Waals surface area (Å²) < 4.78 is 26.1. The monoisotopic (exact) mass is 553 g/mol. The molecule has 3 heterocycles. The van der Waals surface area contributed by atoms with Crippen LogP contribution in [0.2, 0.25) is 0 Å². The molecule has 2 aliphatic rings. The van der Waals surface area contributed by atoms with Crippen molar-refractivity contribution < 1.29 is 23.5 Å². The summed E-state index contributed by atoms with van der Waals surface area (Å²) in [7, 11) is 1.56. The lowest BCUT2D eigenvalue weighted by Crippen LogP contribution is -2.45. The van der Waals surface area contributed by atoms with Gasteiger partial charge in [0.1, 0.15) is 17.2 Å². The van der Waals surface area contributed by atoms with Crippen molar-refractivity contribution in [1.82, 2.24) is 15.3 Å². The minimum atomic E-state index is -1.50. The summed E-state index contributed by atoms with van der Waals surface area (Å²) in [5, 5.41) is 7.55. The van der Waals surface area contributed by atoms with Crippen molar-refractivity contribution in [2.45, 2.75) is 50.7 Å². The van der Waals surface area contributed by atoms with Crippen molar-refractivity contribution in [3.05, 3.63) is 59.0 Å². The van der Waals surface area contributed by atoms with Gasteiger partial charge >= 0.3 is 0 Å². The fraction of sp³-hybridized carbons (Fsp3) is 0.429. The van der Waals surface area contributed by atoms with E-state index < -0.39 is 17.5 Å². The number of benzene rings is 1. The molecule has 39 heavy (non-hydrogen) atoms. The third-order valence-corrected chi connectivity index (χ3v) is 7.74. The third-order valence-electron chi connectivity index (χ3n) is 6.98. The van der Waals surface area contributed by atoms with Gasteiger partial charge in [-0.3, -0.25) is 9.59 Å². The van der Waals surface area contributed by atoms with Gasteiger partial charge in [-0.25, -0.2) is 14.4 Å². The Hall–Kier alpha value is -3.41. The molecule has 2 atom stereocenters. The average molecular weight is 554 g/mol. The fourth-order valence-electron chi connectivity index (χ4n) is 4.99. The molecule has 2 fully saturated rings. The minimum Gasteiger partial charge on any atom is -0.381 e. The first kappa shape index (κ1) is 27.2. The summed E-state index contributed by atoms with van der Waals surface area (Å²) in [5.74, 6) is -0.0116. The maximum Gasteiger partial charge on any atom is 0.251 e. The molecule has 0 bridgehead atoms. The molecule has 1 aliphatic heterocycles. The molecule has 1 aromatic carbocycles. The van der Waals surface area contributed by atoms with E-state index >= 15 is 4.39 Å². The fourth-order valence-corrected chi connectivity index (χ4v) is 5.71. The van der Waals surface area contributed by atoms with Crippen LogP contribution in [-0.2, 0) is 19.9 Å². The number of aromatic nitrogens is 2. The van der Waals surface area contributed by atoms with E-state index in [1.165, 1.54) is 17.4 Å². The number of ether oxygens (including phenoxy) is 2. The van der Waals surface area contributed by atoms with Gasteiger partial charge in [0.05, 0.1) is 30.6 Å². The third kappa shape index (κ3) is 6.26. The van der Waals surface area contributed by atoms with E-state index in [4.69, 9.17) is 14.5 Å². The number of anilines is 2. The maximum atomic E-state index is 15.1. The molecule has 2 N–H and O–H groups in total. The Morgan fingerprint density at radius 3 is 2.62 bits per heavy atom. The van der Waals surface area contributed by atoms with Gasteiger partial charge in [-0.2, -0.15) is 0 Å². The molecule has 206 valence electrons. The highest BCUT2D eigenvalue weighted by Gasteiger charge is 2.46. The zero-order valence-electron chi connectivity index (χ0n) is 22.1. The quantitative estimate of drug-likeness (QED) is 0.432. The van der Waals surface area contributed by atoms with Crippen LogP contribution in [0.1, 0.15) is 42.6 Å². The van der Waals surface area contributed by atoms with Crippen LogP contribution >= 0.6 is 11.3 Å². The second-order valence-corrected chi connectivity index (χ2v) is 11.0. The number of hydrogen-bond acceptors (Lipinski definition) is 8. The second kappa shape index (κ2) is 11.4. The molecular weight excluding hydrogens is 521 g/mol. The molecule has 0 spiro atoms. The van der Waals surface area contributed by atoms with E-state index in [9.17, 15) is 9.59 Å². The van der Waals surface area contributed by atoms with E-state index in [1.54, 1.807) is 25.3 Å². The lowest BCUT2D eigenvalue weighted by molar-refractivity contribution is -0.115. The van der Waals surface area contributed by atoms with Crippen LogP contribution in [0.3, 0.4) is 0 Å². The molecule has 0 radical (unpaired) electrons. The highest BCUT2D eigenvalue weighted by atomic mass is 32.1. The van der Waals surface area contributed by atoms with Crippen molar-refractivity contribution in [3.8, 4) is 11.4 Å². The summed E-state index contributed by atoms with van der Waals surface area (Å²) >= 11 is 1.28. The Labute approximate surface area is 230 Å². The number of amides is 2. The molecule has 11 heteroatoms. The van der Waals surface area contributed by atoms with Crippen LogP contribution in [0.15, 0.2) is 47.8 Å². The van der Waals surface area contributed by atoms with E-state index in [-0.39, 0.29) is 37.7 Å². The number of nitrogens with one attached hydrogen (secondary N) is 2.